The number of hydrogen-bond donors (Lipinski definition) is 1. The van der Waals surface area contributed by atoms with E-state index < -0.39 is 22.5 Å². The van der Waals surface area contributed by atoms with Crippen molar-refractivity contribution in [2.45, 2.75) is 18.2 Å². The molecule has 0 fully saturated rings. The third kappa shape index (κ3) is 5.19. The van der Waals surface area contributed by atoms with E-state index in [0.717, 1.165) is 9.87 Å². The van der Waals surface area contributed by atoms with Gasteiger partial charge in [-0.25, -0.2) is 18.2 Å². The van der Waals surface area contributed by atoms with Gasteiger partial charge in [0, 0.05) is 42.9 Å². The first-order chi connectivity index (χ1) is 15.4. The Hall–Kier alpha value is -2.53. The Labute approximate surface area is 202 Å². The van der Waals surface area contributed by atoms with Crippen LogP contribution >= 0.6 is 23.2 Å². The van der Waals surface area contributed by atoms with Gasteiger partial charge in [-0.15, -0.1) is 0 Å². The van der Waals surface area contributed by atoms with Crippen LogP contribution in [0.4, 0.5) is 16.2 Å². The summed E-state index contributed by atoms with van der Waals surface area (Å²) in [4.78, 5) is 25.9. The van der Waals surface area contributed by atoms with Crippen molar-refractivity contribution in [1.29, 1.82) is 0 Å². The molecule has 0 saturated carbocycles. The van der Waals surface area contributed by atoms with Gasteiger partial charge in [0.2, 0.25) is 0 Å². The fraction of sp³-hybridized carbons (Fsp3) is 0.333. The molecule has 0 aliphatic carbocycles. The molecule has 1 aliphatic rings. The van der Waals surface area contributed by atoms with Crippen LogP contribution in [0.2, 0.25) is 10.0 Å². The zero-order valence-corrected chi connectivity index (χ0v) is 20.7. The summed E-state index contributed by atoms with van der Waals surface area (Å²) in [5.41, 5.74) is 1.56. The molecule has 1 heterocycles. The van der Waals surface area contributed by atoms with Crippen molar-refractivity contribution < 1.29 is 23.1 Å². The summed E-state index contributed by atoms with van der Waals surface area (Å²) >= 11 is 11.9. The molecule has 2 aromatic rings. The number of amides is 2. The van der Waals surface area contributed by atoms with Crippen LogP contribution in [0.1, 0.15) is 12.5 Å². The van der Waals surface area contributed by atoms with Crippen LogP contribution in [0.3, 0.4) is 0 Å². The number of carboxylic acids is 1. The molecule has 178 valence electrons. The molecule has 0 bridgehead atoms. The number of halogens is 2. The highest BCUT2D eigenvalue weighted by molar-refractivity contribution is 7.92. The smallest absolute Gasteiger partial charge is 0.338 e. The van der Waals surface area contributed by atoms with E-state index in [1.807, 2.05) is 6.92 Å². The molecule has 0 radical (unpaired) electrons. The lowest BCUT2D eigenvalue weighted by atomic mass is 10.1. The zero-order chi connectivity index (χ0) is 24.5. The second-order valence-electron chi connectivity index (χ2n) is 7.57. The van der Waals surface area contributed by atoms with Crippen LogP contribution in [0.5, 0.6) is 0 Å². The molecule has 3 rings (SSSR count). The van der Waals surface area contributed by atoms with Crippen LogP contribution in [0.15, 0.2) is 41.3 Å². The predicted molar refractivity (Wildman–Crippen MR) is 128 cm³/mol. The minimum Gasteiger partial charge on any atom is -0.480 e. The highest BCUT2D eigenvalue weighted by Gasteiger charge is 2.32. The first-order valence-corrected chi connectivity index (χ1v) is 12.2. The normalized spacial score (nSPS) is 13.2. The molecule has 1 N–H and O–H groups in total. The maximum atomic E-state index is 13.3. The molecule has 0 aromatic heterocycles. The number of carbonyl (C=O) groups is 2. The number of aliphatic carboxylic acids is 1. The molecule has 2 amide bonds. The SMILES string of the molecule is CCN(C(=O)N1CCc2cc(N(CC(=O)O)S(=O)(=O)c3cc(Cl)cc(Cl)c3)ccc21)N(C)C. The maximum absolute atomic E-state index is 13.3. The summed E-state index contributed by atoms with van der Waals surface area (Å²) < 4.78 is 27.4. The Morgan fingerprint density at radius 1 is 1.09 bits per heavy atom. The molecule has 12 heteroatoms. The van der Waals surface area contributed by atoms with Crippen molar-refractivity contribution in [3.8, 4) is 0 Å². The molecule has 33 heavy (non-hydrogen) atoms. The summed E-state index contributed by atoms with van der Waals surface area (Å²) in [6.45, 7) is 1.99. The van der Waals surface area contributed by atoms with Crippen LogP contribution in [-0.2, 0) is 21.2 Å². The Bertz CT molecular complexity index is 1170. The standard InChI is InChI=1S/C21H24Cl2N4O5S/c1-4-26(24(2)3)21(30)25-8-7-14-9-17(5-6-19(14)25)27(13-20(28)29)33(31,32)18-11-15(22)10-16(23)12-18/h5-6,9-12H,4,7-8,13H2,1-3H3,(H,28,29). The largest absolute Gasteiger partial charge is 0.480 e. The van der Waals surface area contributed by atoms with E-state index in [0.29, 0.717) is 25.2 Å². The van der Waals surface area contributed by atoms with E-state index in [1.54, 1.807) is 41.1 Å². The number of fused-ring (bicyclic) bond motifs is 1. The number of carboxylic acid groups (broad SMARTS) is 1. The van der Waals surface area contributed by atoms with Crippen molar-refractivity contribution in [2.24, 2.45) is 0 Å². The van der Waals surface area contributed by atoms with Gasteiger partial charge in [0.15, 0.2) is 0 Å². The van der Waals surface area contributed by atoms with Gasteiger partial charge < -0.3 is 5.11 Å². The van der Waals surface area contributed by atoms with Gasteiger partial charge in [-0.2, -0.15) is 0 Å². The van der Waals surface area contributed by atoms with Crippen molar-refractivity contribution in [2.75, 3.05) is 42.9 Å². The molecular formula is C21H24Cl2N4O5S. The molecule has 1 aliphatic heterocycles. The summed E-state index contributed by atoms with van der Waals surface area (Å²) in [5, 5.41) is 12.9. The molecule has 0 atom stereocenters. The van der Waals surface area contributed by atoms with Crippen LogP contribution in [0, 0.1) is 0 Å². The Morgan fingerprint density at radius 2 is 1.73 bits per heavy atom. The maximum Gasteiger partial charge on any atom is 0.338 e. The topological polar surface area (TPSA) is 101 Å². The number of sulfonamides is 1. The van der Waals surface area contributed by atoms with Crippen LogP contribution < -0.4 is 9.21 Å². The minimum atomic E-state index is -4.28. The second-order valence-corrected chi connectivity index (χ2v) is 10.3. The molecular weight excluding hydrogens is 491 g/mol. The van der Waals surface area contributed by atoms with Gasteiger partial charge in [0.05, 0.1) is 10.6 Å². The molecule has 9 nitrogen and oxygen atoms in total. The monoisotopic (exact) mass is 514 g/mol. The van der Waals surface area contributed by atoms with Gasteiger partial charge in [-0.05, 0) is 55.3 Å². The summed E-state index contributed by atoms with van der Waals surface area (Å²) in [6.07, 6.45) is 0.504. The van der Waals surface area contributed by atoms with E-state index in [2.05, 4.69) is 0 Å². The fourth-order valence-corrected chi connectivity index (χ4v) is 5.85. The average Bonchev–Trinajstić information content (AvgIpc) is 3.14. The number of hydrogen-bond acceptors (Lipinski definition) is 5. The molecule has 0 spiro atoms. The third-order valence-corrected chi connectivity index (χ3v) is 7.37. The lowest BCUT2D eigenvalue weighted by molar-refractivity contribution is -0.135. The third-order valence-electron chi connectivity index (χ3n) is 5.18. The van der Waals surface area contributed by atoms with E-state index in [4.69, 9.17) is 23.2 Å². The highest BCUT2D eigenvalue weighted by atomic mass is 35.5. The summed E-state index contributed by atoms with van der Waals surface area (Å²) in [6, 6.07) is 8.34. The number of anilines is 2. The number of hydrazine groups is 1. The van der Waals surface area contributed by atoms with Gasteiger partial charge in [0.1, 0.15) is 6.54 Å². The Kier molecular flexibility index (Phi) is 7.42. The van der Waals surface area contributed by atoms with Gasteiger partial charge in [-0.3, -0.25) is 19.0 Å². The van der Waals surface area contributed by atoms with Crippen molar-refractivity contribution in [3.05, 3.63) is 52.0 Å². The first kappa shape index (κ1) is 25.1. The lowest BCUT2D eigenvalue weighted by Crippen LogP contribution is -2.49. The number of carbonyl (C=O) groups excluding carboxylic acids is 1. The predicted octanol–water partition coefficient (Wildman–Crippen LogP) is 3.55. The first-order valence-electron chi connectivity index (χ1n) is 10.1. The summed E-state index contributed by atoms with van der Waals surface area (Å²) in [5.74, 6) is -1.33. The Morgan fingerprint density at radius 3 is 2.27 bits per heavy atom. The highest BCUT2D eigenvalue weighted by Crippen LogP contribution is 2.35. The average molecular weight is 515 g/mol. The van der Waals surface area contributed by atoms with Gasteiger partial charge in [-0.1, -0.05) is 23.2 Å². The number of urea groups is 1. The van der Waals surface area contributed by atoms with E-state index in [-0.39, 0.29) is 26.7 Å². The quantitative estimate of drug-likeness (QED) is 0.566. The number of benzene rings is 2. The van der Waals surface area contributed by atoms with Gasteiger partial charge >= 0.3 is 12.0 Å². The van der Waals surface area contributed by atoms with Crippen LogP contribution in [0.25, 0.3) is 0 Å². The van der Waals surface area contributed by atoms with E-state index in [9.17, 15) is 23.1 Å². The molecule has 2 aromatic carbocycles. The zero-order valence-electron chi connectivity index (χ0n) is 18.3. The van der Waals surface area contributed by atoms with E-state index >= 15 is 0 Å². The second kappa shape index (κ2) is 9.76. The minimum absolute atomic E-state index is 0.112. The van der Waals surface area contributed by atoms with Gasteiger partial charge in [0.25, 0.3) is 10.0 Å². The number of rotatable bonds is 7. The fourth-order valence-electron chi connectivity index (χ4n) is 3.71. The van der Waals surface area contributed by atoms with Crippen molar-refractivity contribution >= 4 is 56.6 Å². The Balaban J connectivity index is 2.01. The van der Waals surface area contributed by atoms with E-state index in [1.165, 1.54) is 24.3 Å². The molecule has 0 unspecified atom stereocenters. The van der Waals surface area contributed by atoms with Crippen LogP contribution in [-0.4, -0.2) is 69.3 Å². The summed E-state index contributed by atoms with van der Waals surface area (Å²) in [7, 11) is -0.730. The lowest BCUT2D eigenvalue weighted by Gasteiger charge is -2.32. The van der Waals surface area contributed by atoms with Crippen molar-refractivity contribution in [3.63, 3.8) is 0 Å². The van der Waals surface area contributed by atoms with Crippen molar-refractivity contribution in [1.82, 2.24) is 10.0 Å². The molecule has 0 saturated heterocycles. The number of nitrogens with zero attached hydrogens (tertiary/aromatic N) is 4.